The molecular formula is C19H20ClN5OS. The summed E-state index contributed by atoms with van der Waals surface area (Å²) in [6, 6.07) is 13.2. The monoisotopic (exact) mass is 401 g/mol. The second-order valence-electron chi connectivity index (χ2n) is 6.22. The van der Waals surface area contributed by atoms with Gasteiger partial charge in [-0.3, -0.25) is 4.79 Å². The van der Waals surface area contributed by atoms with Crippen molar-refractivity contribution in [3.05, 3.63) is 58.6 Å². The highest BCUT2D eigenvalue weighted by molar-refractivity contribution is 8.00. The van der Waals surface area contributed by atoms with Crippen LogP contribution in [0.25, 0.3) is 11.4 Å². The predicted octanol–water partition coefficient (Wildman–Crippen LogP) is 4.05. The minimum Gasteiger partial charge on any atom is -0.335 e. The van der Waals surface area contributed by atoms with E-state index in [9.17, 15) is 4.79 Å². The van der Waals surface area contributed by atoms with Gasteiger partial charge >= 0.3 is 0 Å². The van der Waals surface area contributed by atoms with Crippen molar-refractivity contribution < 1.29 is 4.79 Å². The molecule has 1 amide bonds. The molecule has 3 aromatic rings. The topological polar surface area (TPSA) is 85.8 Å². The number of hydrogen-bond acceptors (Lipinski definition) is 5. The fourth-order valence-corrected chi connectivity index (χ4v) is 3.49. The minimum atomic E-state index is -0.407. The zero-order valence-corrected chi connectivity index (χ0v) is 16.8. The van der Waals surface area contributed by atoms with Crippen molar-refractivity contribution in [2.75, 3.05) is 11.2 Å². The summed E-state index contributed by atoms with van der Waals surface area (Å²) in [5.41, 5.74) is 3.59. The molecule has 6 nitrogen and oxygen atoms in total. The molecule has 2 aromatic carbocycles. The first-order valence-corrected chi connectivity index (χ1v) is 9.62. The number of amides is 1. The summed E-state index contributed by atoms with van der Waals surface area (Å²) in [7, 11) is 0. The molecular weight excluding hydrogens is 382 g/mol. The highest BCUT2D eigenvalue weighted by atomic mass is 35.5. The summed E-state index contributed by atoms with van der Waals surface area (Å²) in [5, 5.41) is 11.8. The molecule has 0 aliphatic carbocycles. The third-order valence-electron chi connectivity index (χ3n) is 4.08. The van der Waals surface area contributed by atoms with Crippen molar-refractivity contribution in [3.63, 3.8) is 0 Å². The molecule has 0 aliphatic heterocycles. The summed E-state index contributed by atoms with van der Waals surface area (Å²) >= 11 is 7.44. The van der Waals surface area contributed by atoms with Crippen molar-refractivity contribution in [2.24, 2.45) is 0 Å². The fourth-order valence-electron chi connectivity index (χ4n) is 2.50. The number of nitrogens with zero attached hydrogens (tertiary/aromatic N) is 3. The van der Waals surface area contributed by atoms with Crippen molar-refractivity contribution in [3.8, 4) is 11.4 Å². The van der Waals surface area contributed by atoms with Gasteiger partial charge in [0.2, 0.25) is 11.1 Å². The van der Waals surface area contributed by atoms with Crippen LogP contribution in [-0.2, 0) is 4.79 Å². The zero-order chi connectivity index (χ0) is 19.6. The molecule has 0 aliphatic rings. The van der Waals surface area contributed by atoms with E-state index in [4.69, 9.17) is 17.4 Å². The Bertz CT molecular complexity index is 988. The number of halogens is 1. The van der Waals surface area contributed by atoms with Gasteiger partial charge in [0.15, 0.2) is 5.82 Å². The van der Waals surface area contributed by atoms with Gasteiger partial charge in [0.05, 0.1) is 10.3 Å². The van der Waals surface area contributed by atoms with Gasteiger partial charge in [-0.25, -0.2) is 4.68 Å². The lowest BCUT2D eigenvalue weighted by Gasteiger charge is -2.13. The van der Waals surface area contributed by atoms with Crippen LogP contribution < -0.4 is 11.2 Å². The Labute approximate surface area is 167 Å². The molecule has 3 N–H and O–H groups in total. The van der Waals surface area contributed by atoms with Gasteiger partial charge in [-0.05, 0) is 50.1 Å². The van der Waals surface area contributed by atoms with Gasteiger partial charge in [0.1, 0.15) is 0 Å². The first-order chi connectivity index (χ1) is 12.9. The first kappa shape index (κ1) is 19.3. The van der Waals surface area contributed by atoms with E-state index in [1.54, 1.807) is 13.0 Å². The van der Waals surface area contributed by atoms with Crippen LogP contribution in [0.3, 0.4) is 0 Å². The number of carbonyl (C=O) groups excluding carboxylic acids is 1. The first-order valence-electron chi connectivity index (χ1n) is 8.37. The predicted molar refractivity (Wildman–Crippen MR) is 110 cm³/mol. The van der Waals surface area contributed by atoms with Crippen LogP contribution in [0.4, 0.5) is 5.69 Å². The number of nitrogens with two attached hydrogens (primary N) is 1. The van der Waals surface area contributed by atoms with E-state index in [1.807, 2.05) is 50.2 Å². The van der Waals surface area contributed by atoms with Crippen molar-refractivity contribution in [1.82, 2.24) is 14.9 Å². The summed E-state index contributed by atoms with van der Waals surface area (Å²) in [6.07, 6.45) is 0. The lowest BCUT2D eigenvalue weighted by Crippen LogP contribution is -2.24. The maximum absolute atomic E-state index is 12.6. The van der Waals surface area contributed by atoms with E-state index in [2.05, 4.69) is 15.5 Å². The second kappa shape index (κ2) is 8.02. The quantitative estimate of drug-likeness (QED) is 0.497. The Morgan fingerprint density at radius 3 is 2.70 bits per heavy atom. The number of thioether (sulfide) groups is 1. The Morgan fingerprint density at radius 2 is 1.96 bits per heavy atom. The van der Waals surface area contributed by atoms with Crippen LogP contribution in [-0.4, -0.2) is 26.0 Å². The van der Waals surface area contributed by atoms with E-state index in [-0.39, 0.29) is 5.91 Å². The largest absolute Gasteiger partial charge is 0.335 e. The number of aromatic nitrogens is 3. The molecule has 0 radical (unpaired) electrons. The Morgan fingerprint density at radius 1 is 1.22 bits per heavy atom. The molecule has 0 fully saturated rings. The molecule has 140 valence electrons. The lowest BCUT2D eigenvalue weighted by atomic mass is 10.1. The SMILES string of the molecule is Cc1ccc(C)c(NC(=O)[C@H](C)Sc2nnc(-c3ccccc3Cl)n2N)c1. The normalized spacial score (nSPS) is 12.0. The summed E-state index contributed by atoms with van der Waals surface area (Å²) in [4.78, 5) is 12.6. The Balaban J connectivity index is 1.75. The van der Waals surface area contributed by atoms with Crippen LogP contribution in [0.1, 0.15) is 18.1 Å². The molecule has 0 unspecified atom stereocenters. The third kappa shape index (κ3) is 4.26. The molecule has 3 rings (SSSR count). The number of hydrogen-bond donors (Lipinski definition) is 2. The number of benzene rings is 2. The number of rotatable bonds is 5. The standard InChI is InChI=1S/C19H20ClN5OS/c1-11-8-9-12(2)16(10-11)22-18(26)13(3)27-19-24-23-17(25(19)21)14-6-4-5-7-15(14)20/h4-10,13H,21H2,1-3H3,(H,22,26)/t13-/m0/s1. The van der Waals surface area contributed by atoms with Crippen LogP contribution in [0, 0.1) is 13.8 Å². The van der Waals surface area contributed by atoms with Crippen molar-refractivity contribution >= 4 is 35.0 Å². The number of carbonyl (C=O) groups is 1. The van der Waals surface area contributed by atoms with E-state index in [0.29, 0.717) is 21.6 Å². The Kier molecular flexibility index (Phi) is 5.72. The molecule has 27 heavy (non-hydrogen) atoms. The maximum atomic E-state index is 12.6. The molecule has 1 atom stereocenters. The summed E-state index contributed by atoms with van der Waals surface area (Å²) < 4.78 is 1.35. The van der Waals surface area contributed by atoms with E-state index >= 15 is 0 Å². The molecule has 1 aromatic heterocycles. The molecule has 0 saturated carbocycles. The van der Waals surface area contributed by atoms with Gasteiger partial charge in [-0.15, -0.1) is 10.2 Å². The summed E-state index contributed by atoms with van der Waals surface area (Å²) in [6.45, 7) is 5.74. The molecule has 0 bridgehead atoms. The maximum Gasteiger partial charge on any atom is 0.237 e. The lowest BCUT2D eigenvalue weighted by molar-refractivity contribution is -0.115. The number of nitrogen functional groups attached to an aromatic ring is 1. The van der Waals surface area contributed by atoms with Crippen LogP contribution in [0.15, 0.2) is 47.6 Å². The van der Waals surface area contributed by atoms with E-state index in [0.717, 1.165) is 16.8 Å². The van der Waals surface area contributed by atoms with Crippen LogP contribution in [0.2, 0.25) is 5.02 Å². The number of aryl methyl sites for hydroxylation is 2. The number of anilines is 1. The average Bonchev–Trinajstić information content (AvgIpc) is 2.99. The third-order valence-corrected chi connectivity index (χ3v) is 5.47. The highest BCUT2D eigenvalue weighted by Crippen LogP contribution is 2.29. The van der Waals surface area contributed by atoms with Gasteiger partial charge < -0.3 is 11.2 Å². The van der Waals surface area contributed by atoms with Crippen LogP contribution in [0.5, 0.6) is 0 Å². The Hall–Kier alpha value is -2.51. The number of nitrogens with one attached hydrogen (secondary N) is 1. The zero-order valence-electron chi connectivity index (χ0n) is 15.2. The van der Waals surface area contributed by atoms with Gasteiger partial charge in [0, 0.05) is 11.3 Å². The molecule has 1 heterocycles. The highest BCUT2D eigenvalue weighted by Gasteiger charge is 2.21. The van der Waals surface area contributed by atoms with E-state index < -0.39 is 5.25 Å². The molecule has 0 spiro atoms. The smallest absolute Gasteiger partial charge is 0.237 e. The van der Waals surface area contributed by atoms with Crippen molar-refractivity contribution in [1.29, 1.82) is 0 Å². The molecule has 0 saturated heterocycles. The second-order valence-corrected chi connectivity index (χ2v) is 7.94. The van der Waals surface area contributed by atoms with Crippen LogP contribution >= 0.6 is 23.4 Å². The minimum absolute atomic E-state index is 0.129. The van der Waals surface area contributed by atoms with Crippen molar-refractivity contribution in [2.45, 2.75) is 31.2 Å². The van der Waals surface area contributed by atoms with E-state index in [1.165, 1.54) is 16.4 Å². The molecule has 8 heteroatoms. The summed E-state index contributed by atoms with van der Waals surface area (Å²) in [5.74, 6) is 6.45. The fraction of sp³-hybridized carbons (Fsp3) is 0.211. The average molecular weight is 402 g/mol. The van der Waals surface area contributed by atoms with Gasteiger partial charge in [-0.1, -0.05) is 47.6 Å². The van der Waals surface area contributed by atoms with Gasteiger partial charge in [-0.2, -0.15) is 0 Å². The van der Waals surface area contributed by atoms with Gasteiger partial charge in [0.25, 0.3) is 0 Å².